The molecule has 0 aliphatic carbocycles. The molecule has 4 aromatic carbocycles. The number of carbonyl (C=O) groups is 1. The molecule has 1 heterocycles. The Morgan fingerprint density at radius 1 is 0.781 bits per heavy atom. The van der Waals surface area contributed by atoms with Gasteiger partial charge in [0.05, 0.1) is 0 Å². The Labute approximate surface area is 185 Å². The van der Waals surface area contributed by atoms with E-state index in [-0.39, 0.29) is 5.56 Å². The van der Waals surface area contributed by atoms with Crippen LogP contribution in [0.5, 0.6) is 5.75 Å². The molecule has 0 spiro atoms. The SMILES string of the molecule is O=C(O)c1c(-c2ccccc2)oc2ccc(OCc3ccccc3-c3ccccc3)cc12. The molecule has 1 N–H and O–H groups in total. The van der Waals surface area contributed by atoms with Crippen molar-refractivity contribution < 1.29 is 19.1 Å². The van der Waals surface area contributed by atoms with Crippen molar-refractivity contribution in [1.82, 2.24) is 0 Å². The zero-order valence-electron chi connectivity index (χ0n) is 17.2. The lowest BCUT2D eigenvalue weighted by atomic mass is 10.0. The molecule has 156 valence electrons. The summed E-state index contributed by atoms with van der Waals surface area (Å²) in [6.07, 6.45) is 0. The third-order valence-corrected chi connectivity index (χ3v) is 5.41. The first kappa shape index (κ1) is 19.6. The number of ether oxygens (including phenoxy) is 1. The van der Waals surface area contributed by atoms with Crippen LogP contribution in [0.25, 0.3) is 33.4 Å². The van der Waals surface area contributed by atoms with E-state index in [4.69, 9.17) is 9.15 Å². The smallest absolute Gasteiger partial charge is 0.340 e. The molecule has 0 unspecified atom stereocenters. The number of fused-ring (bicyclic) bond motifs is 1. The van der Waals surface area contributed by atoms with Crippen molar-refractivity contribution in [3.63, 3.8) is 0 Å². The summed E-state index contributed by atoms with van der Waals surface area (Å²) in [4.78, 5) is 12.1. The van der Waals surface area contributed by atoms with Gasteiger partial charge in [0.1, 0.15) is 29.3 Å². The molecule has 0 atom stereocenters. The fraction of sp³-hybridized carbons (Fsp3) is 0.0357. The second-order valence-electron chi connectivity index (χ2n) is 7.45. The zero-order chi connectivity index (χ0) is 21.9. The molecule has 0 bridgehead atoms. The molecule has 0 aliphatic rings. The fourth-order valence-electron chi connectivity index (χ4n) is 3.88. The Kier molecular flexibility index (Phi) is 5.18. The van der Waals surface area contributed by atoms with Crippen LogP contribution in [0.4, 0.5) is 0 Å². The number of hydrogen-bond donors (Lipinski definition) is 1. The lowest BCUT2D eigenvalue weighted by Gasteiger charge is -2.11. The minimum atomic E-state index is -1.03. The van der Waals surface area contributed by atoms with Crippen molar-refractivity contribution >= 4 is 16.9 Å². The lowest BCUT2D eigenvalue weighted by Crippen LogP contribution is -1.99. The van der Waals surface area contributed by atoms with Gasteiger partial charge in [-0.3, -0.25) is 0 Å². The maximum atomic E-state index is 12.1. The molecule has 4 heteroatoms. The third-order valence-electron chi connectivity index (χ3n) is 5.41. The van der Waals surface area contributed by atoms with Crippen LogP contribution < -0.4 is 4.74 Å². The average molecular weight is 420 g/mol. The highest BCUT2D eigenvalue weighted by Crippen LogP contribution is 2.36. The fourth-order valence-corrected chi connectivity index (χ4v) is 3.88. The maximum Gasteiger partial charge on any atom is 0.340 e. The Morgan fingerprint density at radius 2 is 1.44 bits per heavy atom. The highest BCUT2D eigenvalue weighted by Gasteiger charge is 2.22. The molecule has 5 aromatic rings. The monoisotopic (exact) mass is 420 g/mol. The summed E-state index contributed by atoms with van der Waals surface area (Å²) in [5.74, 6) is -0.0999. The van der Waals surface area contributed by atoms with Gasteiger partial charge in [0, 0.05) is 10.9 Å². The first-order valence-corrected chi connectivity index (χ1v) is 10.3. The van der Waals surface area contributed by atoms with Crippen molar-refractivity contribution in [2.75, 3.05) is 0 Å². The second-order valence-corrected chi connectivity index (χ2v) is 7.45. The van der Waals surface area contributed by atoms with Gasteiger partial charge >= 0.3 is 5.97 Å². The predicted octanol–water partition coefficient (Wildman–Crippen LogP) is 7.04. The number of carboxylic acid groups (broad SMARTS) is 1. The number of hydrogen-bond acceptors (Lipinski definition) is 3. The van der Waals surface area contributed by atoms with E-state index in [1.807, 2.05) is 66.7 Å². The van der Waals surface area contributed by atoms with Gasteiger partial charge in [0.2, 0.25) is 0 Å². The summed E-state index contributed by atoms with van der Waals surface area (Å²) in [6.45, 7) is 0.363. The van der Waals surface area contributed by atoms with Crippen LogP contribution in [-0.4, -0.2) is 11.1 Å². The molecule has 5 rings (SSSR count). The standard InChI is InChI=1S/C28H20O4/c29-28(30)26-24-17-22(15-16-25(24)32-27(26)20-11-5-2-6-12-20)31-18-21-13-7-8-14-23(21)19-9-3-1-4-10-19/h1-17H,18H2,(H,29,30). The summed E-state index contributed by atoms with van der Waals surface area (Å²) < 4.78 is 12.0. The van der Waals surface area contributed by atoms with E-state index in [1.165, 1.54) is 0 Å². The van der Waals surface area contributed by atoms with Crippen molar-refractivity contribution in [2.24, 2.45) is 0 Å². The summed E-state index contributed by atoms with van der Waals surface area (Å²) in [5, 5.41) is 10.4. The quantitative estimate of drug-likeness (QED) is 0.320. The van der Waals surface area contributed by atoms with E-state index >= 15 is 0 Å². The van der Waals surface area contributed by atoms with Gasteiger partial charge in [-0.1, -0.05) is 84.9 Å². The Hall–Kier alpha value is -4.31. The molecule has 0 radical (unpaired) electrons. The largest absolute Gasteiger partial charge is 0.489 e. The van der Waals surface area contributed by atoms with Crippen molar-refractivity contribution in [2.45, 2.75) is 6.61 Å². The van der Waals surface area contributed by atoms with Gasteiger partial charge in [-0.25, -0.2) is 4.79 Å². The molecule has 0 saturated carbocycles. The van der Waals surface area contributed by atoms with Crippen LogP contribution in [0.1, 0.15) is 15.9 Å². The Balaban J connectivity index is 1.48. The van der Waals surface area contributed by atoms with Crippen LogP contribution in [-0.2, 0) is 6.61 Å². The first-order valence-electron chi connectivity index (χ1n) is 10.3. The normalized spacial score (nSPS) is 10.9. The van der Waals surface area contributed by atoms with Gasteiger partial charge in [-0.05, 0) is 34.9 Å². The number of rotatable bonds is 6. The van der Waals surface area contributed by atoms with E-state index in [9.17, 15) is 9.90 Å². The zero-order valence-corrected chi connectivity index (χ0v) is 17.2. The Bertz CT molecular complexity index is 1390. The maximum absolute atomic E-state index is 12.1. The number of furan rings is 1. The van der Waals surface area contributed by atoms with Crippen LogP contribution in [0.2, 0.25) is 0 Å². The minimum absolute atomic E-state index is 0.140. The number of carboxylic acids is 1. The molecule has 4 nitrogen and oxygen atoms in total. The molecule has 0 saturated heterocycles. The van der Waals surface area contributed by atoms with E-state index in [0.717, 1.165) is 22.3 Å². The molecule has 0 fully saturated rings. The topological polar surface area (TPSA) is 59.7 Å². The third kappa shape index (κ3) is 3.74. The summed E-state index contributed by atoms with van der Waals surface area (Å²) in [6, 6.07) is 32.8. The van der Waals surface area contributed by atoms with Gasteiger partial charge in [0.25, 0.3) is 0 Å². The molecule has 0 aliphatic heterocycles. The number of benzene rings is 4. The van der Waals surface area contributed by atoms with E-state index < -0.39 is 5.97 Å². The van der Waals surface area contributed by atoms with E-state index in [2.05, 4.69) is 18.2 Å². The average Bonchev–Trinajstić information content (AvgIpc) is 3.23. The van der Waals surface area contributed by atoms with Crippen LogP contribution in [0, 0.1) is 0 Å². The highest BCUT2D eigenvalue weighted by molar-refractivity contribution is 6.08. The van der Waals surface area contributed by atoms with Crippen LogP contribution >= 0.6 is 0 Å². The number of aromatic carboxylic acids is 1. The van der Waals surface area contributed by atoms with Crippen molar-refractivity contribution in [3.8, 4) is 28.2 Å². The van der Waals surface area contributed by atoms with Gasteiger partial charge in [-0.15, -0.1) is 0 Å². The predicted molar refractivity (Wildman–Crippen MR) is 125 cm³/mol. The first-order chi connectivity index (χ1) is 15.7. The van der Waals surface area contributed by atoms with Crippen molar-refractivity contribution in [3.05, 3.63) is 114 Å². The van der Waals surface area contributed by atoms with Gasteiger partial charge in [0.15, 0.2) is 0 Å². The minimum Gasteiger partial charge on any atom is -0.489 e. The summed E-state index contributed by atoms with van der Waals surface area (Å²) in [5.41, 5.74) is 4.65. The van der Waals surface area contributed by atoms with E-state index in [1.54, 1.807) is 18.2 Å². The summed E-state index contributed by atoms with van der Waals surface area (Å²) in [7, 11) is 0. The van der Waals surface area contributed by atoms with E-state index in [0.29, 0.717) is 29.1 Å². The second kappa shape index (κ2) is 8.44. The molecule has 0 amide bonds. The molecular formula is C28H20O4. The molecule has 1 aromatic heterocycles. The molecule has 32 heavy (non-hydrogen) atoms. The molecular weight excluding hydrogens is 400 g/mol. The van der Waals surface area contributed by atoms with Crippen LogP contribution in [0.3, 0.4) is 0 Å². The van der Waals surface area contributed by atoms with Gasteiger partial charge in [-0.2, -0.15) is 0 Å². The van der Waals surface area contributed by atoms with Gasteiger partial charge < -0.3 is 14.3 Å². The Morgan fingerprint density at radius 3 is 2.16 bits per heavy atom. The van der Waals surface area contributed by atoms with Crippen molar-refractivity contribution in [1.29, 1.82) is 0 Å². The lowest BCUT2D eigenvalue weighted by molar-refractivity contribution is 0.0699. The highest BCUT2D eigenvalue weighted by atomic mass is 16.5. The summed E-state index contributed by atoms with van der Waals surface area (Å²) >= 11 is 0. The van der Waals surface area contributed by atoms with Crippen LogP contribution in [0.15, 0.2) is 108 Å².